The van der Waals surface area contributed by atoms with Crippen molar-refractivity contribution in [2.24, 2.45) is 0 Å². The molecule has 0 bridgehead atoms. The fourth-order valence-electron chi connectivity index (χ4n) is 1.82. The van der Waals surface area contributed by atoms with Crippen LogP contribution in [0.4, 0.5) is 0 Å². The molecule has 0 amide bonds. The van der Waals surface area contributed by atoms with Crippen molar-refractivity contribution >= 4 is 0 Å². The highest BCUT2D eigenvalue weighted by Gasteiger charge is 2.31. The van der Waals surface area contributed by atoms with Crippen molar-refractivity contribution in [3.05, 3.63) is 35.4 Å². The molecule has 1 aromatic rings. The Labute approximate surface area is 112 Å². The number of aliphatic hydroxyl groups is 1. The molecule has 1 unspecified atom stereocenters. The molecule has 0 spiro atoms. The van der Waals surface area contributed by atoms with Gasteiger partial charge >= 0.3 is 0 Å². The van der Waals surface area contributed by atoms with Gasteiger partial charge in [0.25, 0.3) is 0 Å². The van der Waals surface area contributed by atoms with Crippen LogP contribution < -0.4 is 0 Å². The number of rotatable bonds is 3. The lowest BCUT2D eigenvalue weighted by atomic mass is 9.84. The van der Waals surface area contributed by atoms with Crippen molar-refractivity contribution in [3.63, 3.8) is 0 Å². The van der Waals surface area contributed by atoms with Gasteiger partial charge in [-0.1, -0.05) is 45.0 Å². The van der Waals surface area contributed by atoms with Crippen LogP contribution in [0.1, 0.15) is 51.8 Å². The zero-order valence-corrected chi connectivity index (χ0v) is 12.8. The molecule has 0 aliphatic carbocycles. The molecule has 1 rings (SSSR count). The molecule has 0 saturated heterocycles. The monoisotopic (exact) mass is 249 g/mol. The van der Waals surface area contributed by atoms with E-state index in [9.17, 15) is 5.11 Å². The van der Waals surface area contributed by atoms with E-state index >= 15 is 0 Å². The molecule has 0 aliphatic heterocycles. The third-order valence-corrected chi connectivity index (χ3v) is 3.91. The molecule has 0 radical (unpaired) electrons. The molecule has 102 valence electrons. The molecule has 0 aromatic heterocycles. The molecule has 0 fully saturated rings. The van der Waals surface area contributed by atoms with Crippen LogP contribution in [0.25, 0.3) is 0 Å². The summed E-state index contributed by atoms with van der Waals surface area (Å²) >= 11 is 0. The Kier molecular flexibility index (Phi) is 4.24. The normalized spacial score (nSPS) is 14.9. The Morgan fingerprint density at radius 2 is 1.39 bits per heavy atom. The van der Waals surface area contributed by atoms with E-state index in [1.807, 2.05) is 26.2 Å². The second-order valence-corrected chi connectivity index (χ2v) is 6.82. The second kappa shape index (κ2) is 5.02. The number of hydrogen-bond donors (Lipinski definition) is 1. The minimum atomic E-state index is -0.485. The number of aliphatic hydroxyl groups excluding tert-OH is 1. The summed E-state index contributed by atoms with van der Waals surface area (Å²) in [5, 5.41) is 10.5. The van der Waals surface area contributed by atoms with Crippen LogP contribution >= 0.6 is 0 Å². The SMILES string of the molecule is CN(C)C(C)(C)C(O)c1ccc(C(C)(C)C)cc1. The summed E-state index contributed by atoms with van der Waals surface area (Å²) in [6, 6.07) is 8.31. The predicted octanol–water partition coefficient (Wildman–Crippen LogP) is 3.36. The van der Waals surface area contributed by atoms with Crippen LogP contribution in [0.5, 0.6) is 0 Å². The van der Waals surface area contributed by atoms with Crippen molar-refractivity contribution in [2.75, 3.05) is 14.1 Å². The van der Waals surface area contributed by atoms with Crippen LogP contribution in [0.15, 0.2) is 24.3 Å². The molecular formula is C16H27NO. The lowest BCUT2D eigenvalue weighted by Crippen LogP contribution is -2.43. The smallest absolute Gasteiger partial charge is 0.0967 e. The summed E-state index contributed by atoms with van der Waals surface area (Å²) in [6.07, 6.45) is -0.485. The molecular weight excluding hydrogens is 222 g/mol. The van der Waals surface area contributed by atoms with Crippen molar-refractivity contribution in [3.8, 4) is 0 Å². The fraction of sp³-hybridized carbons (Fsp3) is 0.625. The number of benzene rings is 1. The Balaban J connectivity index is 2.99. The van der Waals surface area contributed by atoms with E-state index in [1.54, 1.807) is 0 Å². The summed E-state index contributed by atoms with van der Waals surface area (Å²) in [5.74, 6) is 0. The molecule has 0 aliphatic rings. The average molecular weight is 249 g/mol. The van der Waals surface area contributed by atoms with Crippen molar-refractivity contribution in [1.29, 1.82) is 0 Å². The van der Waals surface area contributed by atoms with Crippen molar-refractivity contribution in [2.45, 2.75) is 51.7 Å². The first-order chi connectivity index (χ1) is 8.06. The van der Waals surface area contributed by atoms with Gasteiger partial charge in [0.15, 0.2) is 0 Å². The zero-order valence-electron chi connectivity index (χ0n) is 12.8. The van der Waals surface area contributed by atoms with Gasteiger partial charge in [-0.05, 0) is 44.5 Å². The lowest BCUT2D eigenvalue weighted by Gasteiger charge is -2.37. The Hall–Kier alpha value is -0.860. The third-order valence-electron chi connectivity index (χ3n) is 3.91. The van der Waals surface area contributed by atoms with Gasteiger partial charge in [0, 0.05) is 5.54 Å². The van der Waals surface area contributed by atoms with Gasteiger partial charge in [-0.25, -0.2) is 0 Å². The average Bonchev–Trinajstić information content (AvgIpc) is 2.26. The maximum atomic E-state index is 10.5. The quantitative estimate of drug-likeness (QED) is 0.888. The van der Waals surface area contributed by atoms with Crippen LogP contribution in [0, 0.1) is 0 Å². The largest absolute Gasteiger partial charge is 0.386 e. The van der Waals surface area contributed by atoms with Gasteiger partial charge in [0.2, 0.25) is 0 Å². The predicted molar refractivity (Wildman–Crippen MR) is 77.9 cm³/mol. The summed E-state index contributed by atoms with van der Waals surface area (Å²) in [6.45, 7) is 10.7. The minimum Gasteiger partial charge on any atom is -0.386 e. The highest BCUT2D eigenvalue weighted by Crippen LogP contribution is 2.31. The third kappa shape index (κ3) is 3.12. The van der Waals surface area contributed by atoms with Crippen molar-refractivity contribution in [1.82, 2.24) is 4.90 Å². The first kappa shape index (κ1) is 15.2. The summed E-state index contributed by atoms with van der Waals surface area (Å²) in [4.78, 5) is 2.05. The summed E-state index contributed by atoms with van der Waals surface area (Å²) in [7, 11) is 3.99. The van der Waals surface area contributed by atoms with E-state index in [4.69, 9.17) is 0 Å². The maximum absolute atomic E-state index is 10.5. The molecule has 1 N–H and O–H groups in total. The van der Waals surface area contributed by atoms with Crippen LogP contribution in [0.2, 0.25) is 0 Å². The second-order valence-electron chi connectivity index (χ2n) is 6.82. The van der Waals surface area contributed by atoms with Crippen LogP contribution in [-0.4, -0.2) is 29.6 Å². The Morgan fingerprint density at radius 3 is 1.72 bits per heavy atom. The standard InChI is InChI=1S/C16H27NO/c1-15(2,3)13-10-8-12(9-11-13)14(18)16(4,5)17(6)7/h8-11,14,18H,1-7H3. The molecule has 2 heteroatoms. The maximum Gasteiger partial charge on any atom is 0.0967 e. The molecule has 1 aromatic carbocycles. The Morgan fingerprint density at radius 1 is 0.944 bits per heavy atom. The van der Waals surface area contributed by atoms with Gasteiger partial charge < -0.3 is 10.0 Å². The molecule has 0 saturated carbocycles. The number of hydrogen-bond acceptors (Lipinski definition) is 2. The summed E-state index contributed by atoms with van der Waals surface area (Å²) < 4.78 is 0. The zero-order chi connectivity index (χ0) is 14.1. The molecule has 18 heavy (non-hydrogen) atoms. The van der Waals surface area contributed by atoms with E-state index in [1.165, 1.54) is 5.56 Å². The van der Waals surface area contributed by atoms with E-state index in [0.717, 1.165) is 5.56 Å². The molecule has 2 nitrogen and oxygen atoms in total. The van der Waals surface area contributed by atoms with E-state index < -0.39 is 6.10 Å². The van der Waals surface area contributed by atoms with Crippen molar-refractivity contribution < 1.29 is 5.11 Å². The lowest BCUT2D eigenvalue weighted by molar-refractivity contribution is 0.0164. The highest BCUT2D eigenvalue weighted by molar-refractivity contribution is 5.29. The number of likely N-dealkylation sites (N-methyl/N-ethyl adjacent to an activating group) is 1. The molecule has 1 atom stereocenters. The van der Waals surface area contributed by atoms with E-state index in [-0.39, 0.29) is 11.0 Å². The van der Waals surface area contributed by atoms with E-state index in [0.29, 0.717) is 0 Å². The minimum absolute atomic E-state index is 0.153. The van der Waals surface area contributed by atoms with Gasteiger partial charge in [0.05, 0.1) is 6.10 Å². The van der Waals surface area contributed by atoms with Gasteiger partial charge in [-0.3, -0.25) is 0 Å². The summed E-state index contributed by atoms with van der Waals surface area (Å²) in [5.41, 5.74) is 2.15. The van der Waals surface area contributed by atoms with Gasteiger partial charge in [0.1, 0.15) is 0 Å². The van der Waals surface area contributed by atoms with E-state index in [2.05, 4.69) is 51.7 Å². The highest BCUT2D eigenvalue weighted by atomic mass is 16.3. The first-order valence-electron chi connectivity index (χ1n) is 6.52. The topological polar surface area (TPSA) is 23.5 Å². The first-order valence-corrected chi connectivity index (χ1v) is 6.52. The molecule has 0 heterocycles. The Bertz CT molecular complexity index is 385. The fourth-order valence-corrected chi connectivity index (χ4v) is 1.82. The van der Waals surface area contributed by atoms with Gasteiger partial charge in [-0.15, -0.1) is 0 Å². The van der Waals surface area contributed by atoms with Crippen LogP contribution in [0.3, 0.4) is 0 Å². The number of nitrogens with zero attached hydrogens (tertiary/aromatic N) is 1. The van der Waals surface area contributed by atoms with Gasteiger partial charge in [-0.2, -0.15) is 0 Å². The van der Waals surface area contributed by atoms with Crippen LogP contribution in [-0.2, 0) is 5.41 Å².